The summed E-state index contributed by atoms with van der Waals surface area (Å²) >= 11 is 0. The number of hydrogen-bond acceptors (Lipinski definition) is 4. The van der Waals surface area contributed by atoms with E-state index in [2.05, 4.69) is 5.10 Å². The Morgan fingerprint density at radius 3 is 2.26 bits per heavy atom. The van der Waals surface area contributed by atoms with Gasteiger partial charge in [-0.1, -0.05) is 13.8 Å². The van der Waals surface area contributed by atoms with E-state index in [1.807, 2.05) is 27.7 Å². The molecular formula is C14H26N2O3. The molecule has 1 heterocycles. The van der Waals surface area contributed by atoms with Crippen LogP contribution >= 0.6 is 0 Å². The summed E-state index contributed by atoms with van der Waals surface area (Å²) in [6.07, 6.45) is 2.30. The monoisotopic (exact) mass is 270 g/mol. The van der Waals surface area contributed by atoms with Gasteiger partial charge in [0.25, 0.3) is 0 Å². The average molecular weight is 270 g/mol. The van der Waals surface area contributed by atoms with Crippen LogP contribution in [0, 0.1) is 0 Å². The molecule has 0 bridgehead atoms. The fourth-order valence-electron chi connectivity index (χ4n) is 2.47. The lowest BCUT2D eigenvalue weighted by atomic mass is 9.88. The Kier molecular flexibility index (Phi) is 5.38. The maximum atomic E-state index is 10.8. The molecule has 1 aromatic heterocycles. The molecule has 5 heteroatoms. The van der Waals surface area contributed by atoms with E-state index >= 15 is 0 Å². The van der Waals surface area contributed by atoms with E-state index in [0.29, 0.717) is 24.3 Å². The fourth-order valence-corrected chi connectivity index (χ4v) is 2.47. The molecule has 19 heavy (non-hydrogen) atoms. The van der Waals surface area contributed by atoms with Gasteiger partial charge < -0.3 is 14.6 Å². The van der Waals surface area contributed by atoms with Gasteiger partial charge in [0.05, 0.1) is 18.9 Å². The predicted molar refractivity (Wildman–Crippen MR) is 74.4 cm³/mol. The van der Waals surface area contributed by atoms with E-state index in [4.69, 9.17) is 9.47 Å². The molecule has 1 N–H and O–H groups in total. The van der Waals surface area contributed by atoms with Crippen molar-refractivity contribution in [3.05, 3.63) is 11.9 Å². The van der Waals surface area contributed by atoms with Crippen LogP contribution in [-0.2, 0) is 4.74 Å². The normalized spacial score (nSPS) is 13.9. The van der Waals surface area contributed by atoms with Gasteiger partial charge in [0, 0.05) is 13.2 Å². The van der Waals surface area contributed by atoms with Crippen LogP contribution in [0.4, 0.5) is 0 Å². The van der Waals surface area contributed by atoms with Crippen molar-refractivity contribution in [2.24, 2.45) is 0 Å². The van der Waals surface area contributed by atoms with Crippen molar-refractivity contribution < 1.29 is 14.6 Å². The van der Waals surface area contributed by atoms with Gasteiger partial charge in [0.1, 0.15) is 11.8 Å². The van der Waals surface area contributed by atoms with Crippen molar-refractivity contribution in [2.75, 3.05) is 14.2 Å². The van der Waals surface area contributed by atoms with Crippen LogP contribution in [0.3, 0.4) is 0 Å². The summed E-state index contributed by atoms with van der Waals surface area (Å²) in [5.41, 5.74) is 0.0722. The maximum Gasteiger partial charge on any atom is 0.162 e. The third-order valence-electron chi connectivity index (χ3n) is 3.87. The first-order valence-electron chi connectivity index (χ1n) is 6.81. The van der Waals surface area contributed by atoms with E-state index in [0.717, 1.165) is 0 Å². The number of rotatable bonds is 7. The molecule has 0 aliphatic heterocycles. The van der Waals surface area contributed by atoms with Crippen molar-refractivity contribution in [2.45, 2.75) is 58.3 Å². The van der Waals surface area contributed by atoms with Crippen LogP contribution in [0.15, 0.2) is 6.20 Å². The largest absolute Gasteiger partial charge is 0.493 e. The minimum Gasteiger partial charge on any atom is -0.493 e. The Morgan fingerprint density at radius 1 is 1.32 bits per heavy atom. The number of ether oxygens (including phenoxy) is 2. The van der Waals surface area contributed by atoms with Gasteiger partial charge in [-0.25, -0.2) is 0 Å². The van der Waals surface area contributed by atoms with Crippen LogP contribution < -0.4 is 4.74 Å². The van der Waals surface area contributed by atoms with E-state index < -0.39 is 11.7 Å². The Balaban J connectivity index is 3.30. The number of aliphatic hydroxyl groups excluding tert-OH is 1. The highest BCUT2D eigenvalue weighted by Crippen LogP contribution is 2.39. The van der Waals surface area contributed by atoms with Crippen molar-refractivity contribution >= 4 is 0 Å². The van der Waals surface area contributed by atoms with Crippen molar-refractivity contribution in [1.82, 2.24) is 9.78 Å². The van der Waals surface area contributed by atoms with Crippen molar-refractivity contribution in [1.29, 1.82) is 0 Å². The van der Waals surface area contributed by atoms with Crippen LogP contribution in [0.5, 0.6) is 5.75 Å². The molecule has 0 fully saturated rings. The molecule has 0 spiro atoms. The summed E-state index contributed by atoms with van der Waals surface area (Å²) in [6, 6.07) is 0.150. The molecule has 1 aromatic rings. The standard InChI is InChI=1S/C14H26N2O3/c1-7-14(8-2,19-6)13(17)12-11(18-5)9-15-16(12)10(3)4/h9-10,13,17H,7-8H2,1-6H3. The molecular weight excluding hydrogens is 244 g/mol. The van der Waals surface area contributed by atoms with Crippen molar-refractivity contribution in [3.63, 3.8) is 0 Å². The summed E-state index contributed by atoms with van der Waals surface area (Å²) in [4.78, 5) is 0. The highest BCUT2D eigenvalue weighted by atomic mass is 16.5. The summed E-state index contributed by atoms with van der Waals surface area (Å²) < 4.78 is 12.7. The molecule has 1 unspecified atom stereocenters. The number of methoxy groups -OCH3 is 2. The van der Waals surface area contributed by atoms with Gasteiger partial charge in [-0.15, -0.1) is 0 Å². The second-order valence-corrected chi connectivity index (χ2v) is 5.02. The van der Waals surface area contributed by atoms with Gasteiger partial charge in [-0.3, -0.25) is 4.68 Å². The lowest BCUT2D eigenvalue weighted by Crippen LogP contribution is -2.38. The molecule has 0 aliphatic carbocycles. The molecule has 5 nitrogen and oxygen atoms in total. The van der Waals surface area contributed by atoms with Crippen LogP contribution in [0.1, 0.15) is 58.4 Å². The molecule has 0 aliphatic rings. The Labute approximate surface area is 115 Å². The zero-order valence-electron chi connectivity index (χ0n) is 12.8. The highest BCUT2D eigenvalue weighted by Gasteiger charge is 2.39. The second-order valence-electron chi connectivity index (χ2n) is 5.02. The summed E-state index contributed by atoms with van der Waals surface area (Å²) in [5, 5.41) is 15.1. The number of aliphatic hydroxyl groups is 1. The molecule has 110 valence electrons. The van der Waals surface area contributed by atoms with Crippen LogP contribution in [-0.4, -0.2) is 34.7 Å². The summed E-state index contributed by atoms with van der Waals surface area (Å²) in [7, 11) is 3.23. The molecule has 1 rings (SSSR count). The Hall–Kier alpha value is -1.07. The first kappa shape index (κ1) is 16.0. The average Bonchev–Trinajstić information content (AvgIpc) is 2.84. The summed E-state index contributed by atoms with van der Waals surface area (Å²) in [6.45, 7) is 8.07. The summed E-state index contributed by atoms with van der Waals surface area (Å²) in [5.74, 6) is 0.601. The topological polar surface area (TPSA) is 56.5 Å². The van der Waals surface area contributed by atoms with Crippen LogP contribution in [0.2, 0.25) is 0 Å². The minimum atomic E-state index is -0.771. The SMILES string of the molecule is CCC(CC)(OC)C(O)c1c(OC)cnn1C(C)C. The fraction of sp³-hybridized carbons (Fsp3) is 0.786. The lowest BCUT2D eigenvalue weighted by molar-refractivity contribution is -0.113. The first-order chi connectivity index (χ1) is 8.97. The molecule has 0 radical (unpaired) electrons. The zero-order valence-corrected chi connectivity index (χ0v) is 12.8. The molecule has 1 atom stereocenters. The number of aromatic nitrogens is 2. The Morgan fingerprint density at radius 2 is 1.89 bits per heavy atom. The highest BCUT2D eigenvalue weighted by molar-refractivity contribution is 5.29. The lowest BCUT2D eigenvalue weighted by Gasteiger charge is -2.35. The minimum absolute atomic E-state index is 0.150. The predicted octanol–water partition coefficient (Wildman–Crippen LogP) is 2.71. The number of hydrogen-bond donors (Lipinski definition) is 1. The van der Waals surface area contributed by atoms with Gasteiger partial charge in [0.2, 0.25) is 0 Å². The van der Waals surface area contributed by atoms with Gasteiger partial charge in [-0.05, 0) is 26.7 Å². The van der Waals surface area contributed by atoms with Gasteiger partial charge in [-0.2, -0.15) is 5.10 Å². The van der Waals surface area contributed by atoms with E-state index in [1.54, 1.807) is 25.1 Å². The zero-order chi connectivity index (χ0) is 14.6. The molecule has 0 saturated heterocycles. The Bertz CT molecular complexity index is 389. The van der Waals surface area contributed by atoms with Gasteiger partial charge in [0.15, 0.2) is 5.75 Å². The van der Waals surface area contributed by atoms with E-state index in [1.165, 1.54) is 0 Å². The smallest absolute Gasteiger partial charge is 0.162 e. The van der Waals surface area contributed by atoms with Gasteiger partial charge >= 0.3 is 0 Å². The maximum absolute atomic E-state index is 10.8. The first-order valence-corrected chi connectivity index (χ1v) is 6.81. The van der Waals surface area contributed by atoms with E-state index in [-0.39, 0.29) is 6.04 Å². The van der Waals surface area contributed by atoms with Crippen LogP contribution in [0.25, 0.3) is 0 Å². The molecule has 0 amide bonds. The molecule has 0 aromatic carbocycles. The quantitative estimate of drug-likeness (QED) is 0.827. The van der Waals surface area contributed by atoms with E-state index in [9.17, 15) is 5.11 Å². The second kappa shape index (κ2) is 6.39. The third-order valence-corrected chi connectivity index (χ3v) is 3.87. The molecule has 0 saturated carbocycles. The number of nitrogens with zero attached hydrogens (tertiary/aromatic N) is 2. The third kappa shape index (κ3) is 2.77. The van der Waals surface area contributed by atoms with Crippen molar-refractivity contribution in [3.8, 4) is 5.75 Å².